The Labute approximate surface area is 166 Å². The number of nitrogens with one attached hydrogen (secondary N) is 2. The van der Waals surface area contributed by atoms with Gasteiger partial charge in [0.05, 0.1) is 28.4 Å². The van der Waals surface area contributed by atoms with Gasteiger partial charge in [-0.2, -0.15) is 0 Å². The maximum atomic E-state index is 14.3. The van der Waals surface area contributed by atoms with E-state index in [-0.39, 0.29) is 10.8 Å². The summed E-state index contributed by atoms with van der Waals surface area (Å²) in [7, 11) is -2.11. The van der Waals surface area contributed by atoms with Crippen LogP contribution in [0.25, 0.3) is 11.3 Å². The smallest absolute Gasteiger partial charge is 0.269 e. The lowest BCUT2D eigenvalue weighted by Crippen LogP contribution is -2.42. The molecule has 0 spiro atoms. The van der Waals surface area contributed by atoms with Gasteiger partial charge in [-0.15, -0.1) is 4.83 Å². The number of carbonyl (C=O) groups is 1. The van der Waals surface area contributed by atoms with Gasteiger partial charge in [0.1, 0.15) is 0 Å². The monoisotopic (exact) mass is 422 g/mol. The molecular weight excluding hydrogens is 407 g/mol. The van der Waals surface area contributed by atoms with E-state index >= 15 is 0 Å². The van der Waals surface area contributed by atoms with Crippen molar-refractivity contribution in [2.75, 3.05) is 0 Å². The predicted octanol–water partition coefficient (Wildman–Crippen LogP) is 2.64. The summed E-state index contributed by atoms with van der Waals surface area (Å²) in [6.07, 6.45) is 3.22. The second-order valence-electron chi connectivity index (χ2n) is 6.04. The van der Waals surface area contributed by atoms with Crippen molar-refractivity contribution < 1.29 is 17.6 Å². The molecule has 0 unspecified atom stereocenters. The fraction of sp³-hybridized carbons (Fsp3) is 0.111. The molecule has 28 heavy (non-hydrogen) atoms. The molecular formula is C18H16ClFN4O3S. The van der Waals surface area contributed by atoms with Crippen LogP contribution in [0.5, 0.6) is 0 Å². The molecule has 0 saturated carbocycles. The highest BCUT2D eigenvalue weighted by Gasteiger charge is 2.20. The average Bonchev–Trinajstić information content (AvgIpc) is 3.09. The van der Waals surface area contributed by atoms with Crippen molar-refractivity contribution >= 4 is 27.5 Å². The van der Waals surface area contributed by atoms with Gasteiger partial charge in [0.15, 0.2) is 5.82 Å². The van der Waals surface area contributed by atoms with E-state index in [0.29, 0.717) is 16.8 Å². The number of aryl methyl sites for hydroxylation is 1. The summed E-state index contributed by atoms with van der Waals surface area (Å²) in [5.74, 6) is -2.28. The average molecular weight is 423 g/mol. The highest BCUT2D eigenvalue weighted by molar-refractivity contribution is 7.88. The molecule has 1 aromatic heterocycles. The van der Waals surface area contributed by atoms with E-state index in [1.807, 2.05) is 10.3 Å². The van der Waals surface area contributed by atoms with Crippen LogP contribution >= 0.6 is 11.6 Å². The molecule has 0 aliphatic rings. The summed E-state index contributed by atoms with van der Waals surface area (Å²) in [6.45, 7) is 0. The number of carbonyl (C=O) groups excluding carboxylic acids is 1. The Hall–Kier alpha value is -2.75. The molecule has 0 saturated heterocycles. The Morgan fingerprint density at radius 3 is 2.61 bits per heavy atom. The summed E-state index contributed by atoms with van der Waals surface area (Å²) in [5.41, 5.74) is 3.05. The zero-order valence-corrected chi connectivity index (χ0v) is 16.3. The minimum Gasteiger partial charge on any atom is -0.340 e. The molecule has 1 amide bonds. The molecule has 3 aromatic rings. The van der Waals surface area contributed by atoms with Crippen molar-refractivity contribution in [3.05, 3.63) is 77.0 Å². The number of sulfonamides is 1. The molecule has 0 aliphatic heterocycles. The summed E-state index contributed by atoms with van der Waals surface area (Å²) in [6, 6.07) is 11.0. The van der Waals surface area contributed by atoms with Crippen LogP contribution in [-0.4, -0.2) is 23.9 Å². The first-order valence-electron chi connectivity index (χ1n) is 8.06. The lowest BCUT2D eigenvalue weighted by molar-refractivity contribution is 0.0941. The van der Waals surface area contributed by atoms with Crippen molar-refractivity contribution in [2.24, 2.45) is 7.05 Å². The van der Waals surface area contributed by atoms with Gasteiger partial charge in [0, 0.05) is 18.8 Å². The number of benzene rings is 2. The van der Waals surface area contributed by atoms with E-state index in [0.717, 1.165) is 0 Å². The van der Waals surface area contributed by atoms with Crippen LogP contribution in [0.15, 0.2) is 55.0 Å². The van der Waals surface area contributed by atoms with Crippen molar-refractivity contribution in [1.29, 1.82) is 0 Å². The number of rotatable bonds is 6. The van der Waals surface area contributed by atoms with Crippen molar-refractivity contribution in [1.82, 2.24) is 19.8 Å². The molecule has 10 heteroatoms. The first-order chi connectivity index (χ1) is 13.2. The number of nitrogens with zero attached hydrogens (tertiary/aromatic N) is 2. The molecule has 0 fully saturated rings. The van der Waals surface area contributed by atoms with Crippen molar-refractivity contribution in [3.8, 4) is 11.3 Å². The topological polar surface area (TPSA) is 93.1 Å². The van der Waals surface area contributed by atoms with Gasteiger partial charge in [-0.05, 0) is 17.7 Å². The number of hydrogen-bond acceptors (Lipinski definition) is 4. The number of imidazole rings is 1. The minimum absolute atomic E-state index is 0.277. The third-order valence-electron chi connectivity index (χ3n) is 3.79. The molecule has 2 N–H and O–H groups in total. The van der Waals surface area contributed by atoms with Crippen LogP contribution < -0.4 is 10.3 Å². The van der Waals surface area contributed by atoms with Gasteiger partial charge in [-0.3, -0.25) is 10.2 Å². The fourth-order valence-corrected chi connectivity index (χ4v) is 3.66. The van der Waals surface area contributed by atoms with Gasteiger partial charge in [0.25, 0.3) is 5.91 Å². The third-order valence-corrected chi connectivity index (χ3v) is 5.19. The van der Waals surface area contributed by atoms with Crippen LogP contribution in [0.2, 0.25) is 5.02 Å². The van der Waals surface area contributed by atoms with E-state index in [1.54, 1.807) is 54.5 Å². The lowest BCUT2D eigenvalue weighted by Gasteiger charge is -2.10. The molecule has 3 rings (SSSR count). The maximum absolute atomic E-state index is 14.3. The Balaban J connectivity index is 1.77. The first kappa shape index (κ1) is 20.0. The van der Waals surface area contributed by atoms with Crippen molar-refractivity contribution in [3.63, 3.8) is 0 Å². The van der Waals surface area contributed by atoms with Crippen molar-refractivity contribution in [2.45, 2.75) is 5.75 Å². The van der Waals surface area contributed by atoms with E-state index in [9.17, 15) is 17.6 Å². The number of halogens is 2. The Morgan fingerprint density at radius 2 is 1.96 bits per heavy atom. The van der Waals surface area contributed by atoms with Gasteiger partial charge < -0.3 is 4.57 Å². The molecule has 0 radical (unpaired) electrons. The third kappa shape index (κ3) is 4.75. The Kier molecular flexibility index (Phi) is 5.78. The van der Waals surface area contributed by atoms with E-state index < -0.39 is 27.3 Å². The maximum Gasteiger partial charge on any atom is 0.269 e. The van der Waals surface area contributed by atoms with Gasteiger partial charge in [-0.25, -0.2) is 17.8 Å². The second kappa shape index (κ2) is 8.09. The van der Waals surface area contributed by atoms with Crippen LogP contribution in [0.4, 0.5) is 4.39 Å². The Bertz CT molecular complexity index is 1120. The SMILES string of the molecule is Cn1cnc(-c2cc(Cl)c(F)c(C(=O)NNS(=O)(=O)Cc3ccccc3)c2)c1. The van der Waals surface area contributed by atoms with Crippen LogP contribution in [0.1, 0.15) is 15.9 Å². The Morgan fingerprint density at radius 1 is 1.25 bits per heavy atom. The quantitative estimate of drug-likeness (QED) is 0.597. The predicted molar refractivity (Wildman–Crippen MR) is 103 cm³/mol. The lowest BCUT2D eigenvalue weighted by atomic mass is 10.1. The zero-order chi connectivity index (χ0) is 20.3. The minimum atomic E-state index is -3.87. The highest BCUT2D eigenvalue weighted by atomic mass is 35.5. The number of hydrazine groups is 1. The molecule has 0 bridgehead atoms. The fourth-order valence-electron chi connectivity index (χ4n) is 2.49. The highest BCUT2D eigenvalue weighted by Crippen LogP contribution is 2.27. The van der Waals surface area contributed by atoms with Gasteiger partial charge in [-0.1, -0.05) is 41.9 Å². The first-order valence-corrected chi connectivity index (χ1v) is 10.1. The standard InChI is InChI=1S/C18H16ClFN4O3S/c1-24-9-16(21-11-24)13-7-14(17(20)15(19)8-13)18(25)22-23-28(26,27)10-12-5-3-2-4-6-12/h2-9,11,23H,10H2,1H3,(H,22,25). The second-order valence-corrected chi connectivity index (χ2v) is 8.17. The summed E-state index contributed by atoms with van der Waals surface area (Å²) >= 11 is 5.89. The van der Waals surface area contributed by atoms with Crippen LogP contribution in [-0.2, 0) is 22.8 Å². The van der Waals surface area contributed by atoms with E-state index in [4.69, 9.17) is 11.6 Å². The summed E-state index contributed by atoms with van der Waals surface area (Å²) < 4.78 is 40.2. The molecule has 1 heterocycles. The van der Waals surface area contributed by atoms with Crippen LogP contribution in [0.3, 0.4) is 0 Å². The largest absolute Gasteiger partial charge is 0.340 e. The van der Waals surface area contributed by atoms with E-state index in [1.165, 1.54) is 12.1 Å². The molecule has 146 valence electrons. The normalized spacial score (nSPS) is 11.4. The molecule has 2 aromatic carbocycles. The number of aromatic nitrogens is 2. The van der Waals surface area contributed by atoms with E-state index in [2.05, 4.69) is 4.98 Å². The molecule has 0 atom stereocenters. The summed E-state index contributed by atoms with van der Waals surface area (Å²) in [4.78, 5) is 18.4. The van der Waals surface area contributed by atoms with Gasteiger partial charge in [0.2, 0.25) is 10.0 Å². The number of amides is 1. The zero-order valence-electron chi connectivity index (χ0n) is 14.7. The summed E-state index contributed by atoms with van der Waals surface area (Å²) in [5, 5.41) is -0.277. The van der Waals surface area contributed by atoms with Crippen LogP contribution in [0, 0.1) is 5.82 Å². The molecule has 7 nitrogen and oxygen atoms in total. The number of hydrogen-bond donors (Lipinski definition) is 2. The van der Waals surface area contributed by atoms with Gasteiger partial charge >= 0.3 is 0 Å². The molecule has 0 aliphatic carbocycles.